The summed E-state index contributed by atoms with van der Waals surface area (Å²) < 4.78 is 6.09. The molecule has 0 bridgehead atoms. The van der Waals surface area contributed by atoms with Gasteiger partial charge in [-0.25, -0.2) is 0 Å². The Morgan fingerprint density at radius 2 is 1.86 bits per heavy atom. The molecule has 1 aliphatic rings. The lowest BCUT2D eigenvalue weighted by Gasteiger charge is -2.36. The Morgan fingerprint density at radius 3 is 2.48 bits per heavy atom. The molecule has 1 saturated carbocycles. The molecule has 0 amide bonds. The van der Waals surface area contributed by atoms with Crippen LogP contribution in [0.1, 0.15) is 51.0 Å². The van der Waals surface area contributed by atoms with Crippen LogP contribution in [0.25, 0.3) is 0 Å². The second-order valence-electron chi connectivity index (χ2n) is 6.04. The summed E-state index contributed by atoms with van der Waals surface area (Å²) in [5, 5.41) is 3.66. The zero-order valence-electron chi connectivity index (χ0n) is 13.5. The maximum Gasteiger partial charge on any atom is 0.119 e. The molecule has 1 aromatic carbocycles. The van der Waals surface area contributed by atoms with Gasteiger partial charge in [-0.05, 0) is 43.2 Å². The zero-order valence-corrected chi connectivity index (χ0v) is 14.3. The molecule has 2 nitrogen and oxygen atoms in total. The highest BCUT2D eigenvalue weighted by molar-refractivity contribution is 8.00. The number of nitrogens with one attached hydrogen (secondary N) is 1. The van der Waals surface area contributed by atoms with Crippen molar-refractivity contribution in [3.05, 3.63) is 29.8 Å². The van der Waals surface area contributed by atoms with E-state index in [-0.39, 0.29) is 0 Å². The quantitative estimate of drug-likeness (QED) is 0.756. The van der Waals surface area contributed by atoms with Crippen LogP contribution in [-0.2, 0) is 6.54 Å². The minimum atomic E-state index is 0.475. The van der Waals surface area contributed by atoms with E-state index < -0.39 is 0 Å². The molecule has 2 rings (SSSR count). The Hall–Kier alpha value is -0.670. The molecule has 0 aromatic heterocycles. The Labute approximate surface area is 134 Å². The molecule has 0 spiro atoms. The summed E-state index contributed by atoms with van der Waals surface area (Å²) in [5.41, 5.74) is 1.34. The minimum absolute atomic E-state index is 0.475. The van der Waals surface area contributed by atoms with Gasteiger partial charge in [0.05, 0.1) is 6.61 Å². The molecule has 0 unspecified atom stereocenters. The largest absolute Gasteiger partial charge is 0.494 e. The van der Waals surface area contributed by atoms with Crippen LogP contribution in [0.4, 0.5) is 0 Å². The molecule has 0 radical (unpaired) electrons. The topological polar surface area (TPSA) is 21.3 Å². The second kappa shape index (κ2) is 8.70. The smallest absolute Gasteiger partial charge is 0.119 e. The van der Waals surface area contributed by atoms with Crippen molar-refractivity contribution in [3.63, 3.8) is 0 Å². The maximum atomic E-state index is 5.62. The second-order valence-corrected chi connectivity index (χ2v) is 7.32. The predicted molar refractivity (Wildman–Crippen MR) is 93.3 cm³/mol. The average molecular weight is 308 g/mol. The van der Waals surface area contributed by atoms with Crippen LogP contribution >= 0.6 is 11.8 Å². The van der Waals surface area contributed by atoms with E-state index in [9.17, 15) is 0 Å². The van der Waals surface area contributed by atoms with Crippen molar-refractivity contribution < 1.29 is 4.74 Å². The molecule has 1 fully saturated rings. The van der Waals surface area contributed by atoms with E-state index in [1.165, 1.54) is 37.7 Å². The van der Waals surface area contributed by atoms with Gasteiger partial charge >= 0.3 is 0 Å². The van der Waals surface area contributed by atoms with Crippen molar-refractivity contribution in [2.75, 3.05) is 19.4 Å². The van der Waals surface area contributed by atoms with E-state index in [0.717, 1.165) is 31.9 Å². The van der Waals surface area contributed by atoms with Crippen molar-refractivity contribution in [2.45, 2.75) is 56.7 Å². The van der Waals surface area contributed by atoms with Gasteiger partial charge in [0, 0.05) is 17.8 Å². The molecule has 0 atom stereocenters. The molecule has 1 N–H and O–H groups in total. The highest BCUT2D eigenvalue weighted by Crippen LogP contribution is 2.37. The molecule has 0 heterocycles. The maximum absolute atomic E-state index is 5.62. The third-order valence-corrected chi connectivity index (χ3v) is 5.79. The van der Waals surface area contributed by atoms with Gasteiger partial charge in [-0.3, -0.25) is 0 Å². The van der Waals surface area contributed by atoms with Crippen molar-refractivity contribution in [1.29, 1.82) is 0 Å². The molecule has 0 saturated heterocycles. The fourth-order valence-corrected chi connectivity index (χ4v) is 3.95. The van der Waals surface area contributed by atoms with Crippen LogP contribution in [0.2, 0.25) is 0 Å². The van der Waals surface area contributed by atoms with E-state index in [0.29, 0.717) is 4.75 Å². The monoisotopic (exact) mass is 307 g/mol. The lowest BCUT2D eigenvalue weighted by atomic mass is 9.88. The zero-order chi connectivity index (χ0) is 15.0. The summed E-state index contributed by atoms with van der Waals surface area (Å²) in [4.78, 5) is 0. The van der Waals surface area contributed by atoms with Crippen LogP contribution in [0.5, 0.6) is 5.75 Å². The lowest BCUT2D eigenvalue weighted by Crippen LogP contribution is -2.39. The first-order chi connectivity index (χ1) is 10.3. The van der Waals surface area contributed by atoms with Gasteiger partial charge in [0.25, 0.3) is 0 Å². The van der Waals surface area contributed by atoms with Crippen LogP contribution in [0.15, 0.2) is 24.3 Å². The summed E-state index contributed by atoms with van der Waals surface area (Å²) in [5.74, 6) is 0.980. The third-order valence-electron chi connectivity index (χ3n) is 4.37. The number of benzene rings is 1. The molecule has 118 valence electrons. The average Bonchev–Trinajstić information content (AvgIpc) is 2.55. The van der Waals surface area contributed by atoms with Crippen LogP contribution in [0.3, 0.4) is 0 Å². The first-order valence-corrected chi connectivity index (χ1v) is 9.48. The lowest BCUT2D eigenvalue weighted by molar-refractivity contribution is 0.317. The summed E-state index contributed by atoms with van der Waals surface area (Å²) in [7, 11) is 0. The predicted octanol–water partition coefficient (Wildman–Crippen LogP) is 4.63. The number of thioether (sulfide) groups is 1. The molecule has 0 aliphatic heterocycles. The molecular formula is C18H29NOS. The number of ether oxygens (including phenoxy) is 1. The summed E-state index contributed by atoms with van der Waals surface area (Å²) in [6, 6.07) is 8.50. The van der Waals surface area contributed by atoms with E-state index in [2.05, 4.69) is 54.5 Å². The standard InChI is InChI=1S/C18H29NOS/c1-3-13-20-17-9-7-16(8-10-17)14-19-15-18(21-2)11-5-4-6-12-18/h7-10,19H,3-6,11-15H2,1-2H3. The molecule has 3 heteroatoms. The van der Waals surface area contributed by atoms with Crippen LogP contribution < -0.4 is 10.1 Å². The molecule has 1 aromatic rings. The van der Waals surface area contributed by atoms with Crippen LogP contribution in [-0.4, -0.2) is 24.2 Å². The number of hydrogen-bond acceptors (Lipinski definition) is 3. The van der Waals surface area contributed by atoms with Crippen molar-refractivity contribution in [2.24, 2.45) is 0 Å². The highest BCUT2D eigenvalue weighted by Gasteiger charge is 2.30. The van der Waals surface area contributed by atoms with Crippen molar-refractivity contribution >= 4 is 11.8 Å². The number of hydrogen-bond donors (Lipinski definition) is 1. The van der Waals surface area contributed by atoms with Gasteiger partial charge in [-0.1, -0.05) is 38.3 Å². The Bertz CT molecular complexity index is 398. The fourth-order valence-electron chi connectivity index (χ4n) is 3.01. The Kier molecular flexibility index (Phi) is 6.91. The van der Waals surface area contributed by atoms with Crippen LogP contribution in [0, 0.1) is 0 Å². The molecular weight excluding hydrogens is 278 g/mol. The summed E-state index contributed by atoms with van der Waals surface area (Å²) >= 11 is 2.06. The molecule has 21 heavy (non-hydrogen) atoms. The first kappa shape index (κ1) is 16.7. The van der Waals surface area contributed by atoms with Crippen molar-refractivity contribution in [3.8, 4) is 5.75 Å². The SMILES string of the molecule is CCCOc1ccc(CNCC2(SC)CCCCC2)cc1. The molecule has 1 aliphatic carbocycles. The minimum Gasteiger partial charge on any atom is -0.494 e. The van der Waals surface area contributed by atoms with Gasteiger partial charge in [0.2, 0.25) is 0 Å². The van der Waals surface area contributed by atoms with E-state index >= 15 is 0 Å². The first-order valence-electron chi connectivity index (χ1n) is 8.25. The van der Waals surface area contributed by atoms with Gasteiger partial charge in [-0.15, -0.1) is 0 Å². The number of rotatable bonds is 8. The van der Waals surface area contributed by atoms with E-state index in [1.807, 2.05) is 0 Å². The fraction of sp³-hybridized carbons (Fsp3) is 0.667. The van der Waals surface area contributed by atoms with Gasteiger partial charge in [0.15, 0.2) is 0 Å². The third kappa shape index (κ3) is 5.23. The van der Waals surface area contributed by atoms with E-state index in [1.54, 1.807) is 0 Å². The normalized spacial score (nSPS) is 17.6. The Balaban J connectivity index is 1.77. The van der Waals surface area contributed by atoms with Crippen molar-refractivity contribution in [1.82, 2.24) is 5.32 Å². The van der Waals surface area contributed by atoms with Gasteiger partial charge in [0.1, 0.15) is 5.75 Å². The summed E-state index contributed by atoms with van der Waals surface area (Å²) in [6.45, 7) is 5.01. The summed E-state index contributed by atoms with van der Waals surface area (Å²) in [6.07, 6.45) is 10.3. The van der Waals surface area contributed by atoms with Gasteiger partial charge < -0.3 is 10.1 Å². The van der Waals surface area contributed by atoms with E-state index in [4.69, 9.17) is 4.74 Å². The highest BCUT2D eigenvalue weighted by atomic mass is 32.2. The van der Waals surface area contributed by atoms with Gasteiger partial charge in [-0.2, -0.15) is 11.8 Å². The Morgan fingerprint density at radius 1 is 1.14 bits per heavy atom.